The Kier molecular flexibility index (Phi) is 7.28. The molecule has 3 nitrogen and oxygen atoms in total. The molecular formula is C17H33N3. The van der Waals surface area contributed by atoms with Crippen LogP contribution >= 0.6 is 0 Å². The van der Waals surface area contributed by atoms with Gasteiger partial charge < -0.3 is 5.32 Å². The number of rotatable bonds is 9. The molecule has 3 heteroatoms. The Morgan fingerprint density at radius 2 is 1.85 bits per heavy atom. The molecule has 0 aliphatic rings. The SMILES string of the molecule is CCc1cc(CC(CNCC(C)C)C(C)C)n(CC)n1. The normalized spacial score (nSPS) is 13.4. The second-order valence-electron chi connectivity index (χ2n) is 6.56. The zero-order valence-electron chi connectivity index (χ0n) is 14.2. The molecule has 20 heavy (non-hydrogen) atoms. The number of aryl methyl sites for hydroxylation is 2. The van der Waals surface area contributed by atoms with E-state index in [9.17, 15) is 0 Å². The molecule has 1 aromatic heterocycles. The maximum Gasteiger partial charge on any atom is 0.0624 e. The summed E-state index contributed by atoms with van der Waals surface area (Å²) in [5.74, 6) is 2.09. The first-order chi connectivity index (χ1) is 9.47. The van der Waals surface area contributed by atoms with E-state index in [1.165, 1.54) is 11.4 Å². The van der Waals surface area contributed by atoms with Crippen molar-refractivity contribution in [2.75, 3.05) is 13.1 Å². The van der Waals surface area contributed by atoms with Crippen LogP contribution in [0.5, 0.6) is 0 Å². The van der Waals surface area contributed by atoms with Crippen LogP contribution in [0, 0.1) is 17.8 Å². The van der Waals surface area contributed by atoms with E-state index in [0.717, 1.165) is 38.4 Å². The van der Waals surface area contributed by atoms with E-state index in [1.807, 2.05) is 0 Å². The van der Waals surface area contributed by atoms with Crippen molar-refractivity contribution in [3.63, 3.8) is 0 Å². The molecule has 0 spiro atoms. The Hall–Kier alpha value is -0.830. The van der Waals surface area contributed by atoms with Gasteiger partial charge in [-0.1, -0.05) is 34.6 Å². The van der Waals surface area contributed by atoms with Gasteiger partial charge in [-0.2, -0.15) is 5.10 Å². The summed E-state index contributed by atoms with van der Waals surface area (Å²) in [7, 11) is 0. The van der Waals surface area contributed by atoms with E-state index < -0.39 is 0 Å². The van der Waals surface area contributed by atoms with Gasteiger partial charge >= 0.3 is 0 Å². The van der Waals surface area contributed by atoms with Gasteiger partial charge in [-0.05, 0) is 56.7 Å². The van der Waals surface area contributed by atoms with E-state index >= 15 is 0 Å². The minimum Gasteiger partial charge on any atom is -0.316 e. The Bertz CT molecular complexity index is 380. The summed E-state index contributed by atoms with van der Waals surface area (Å²) < 4.78 is 2.18. The van der Waals surface area contributed by atoms with Crippen LogP contribution in [0.1, 0.15) is 52.9 Å². The van der Waals surface area contributed by atoms with Gasteiger partial charge in [-0.15, -0.1) is 0 Å². The monoisotopic (exact) mass is 279 g/mol. The number of hydrogen-bond acceptors (Lipinski definition) is 2. The molecule has 1 unspecified atom stereocenters. The molecule has 116 valence electrons. The second-order valence-corrected chi connectivity index (χ2v) is 6.56. The van der Waals surface area contributed by atoms with E-state index in [0.29, 0.717) is 11.8 Å². The molecule has 0 amide bonds. The van der Waals surface area contributed by atoms with Crippen LogP contribution in [0.4, 0.5) is 0 Å². The first kappa shape index (κ1) is 17.2. The lowest BCUT2D eigenvalue weighted by Crippen LogP contribution is -2.30. The number of nitrogens with one attached hydrogen (secondary N) is 1. The Morgan fingerprint density at radius 3 is 2.35 bits per heavy atom. The van der Waals surface area contributed by atoms with E-state index in [1.54, 1.807) is 0 Å². The van der Waals surface area contributed by atoms with E-state index in [4.69, 9.17) is 0 Å². The van der Waals surface area contributed by atoms with Gasteiger partial charge in [0, 0.05) is 12.2 Å². The van der Waals surface area contributed by atoms with Crippen molar-refractivity contribution in [1.29, 1.82) is 0 Å². The third-order valence-electron chi connectivity index (χ3n) is 3.95. The zero-order chi connectivity index (χ0) is 15.1. The number of nitrogens with zero attached hydrogens (tertiary/aromatic N) is 2. The highest BCUT2D eigenvalue weighted by molar-refractivity contribution is 5.11. The van der Waals surface area contributed by atoms with Gasteiger partial charge in [0.2, 0.25) is 0 Å². The zero-order valence-corrected chi connectivity index (χ0v) is 14.2. The third-order valence-corrected chi connectivity index (χ3v) is 3.95. The van der Waals surface area contributed by atoms with E-state index in [2.05, 4.69) is 62.7 Å². The lowest BCUT2D eigenvalue weighted by atomic mass is 9.90. The highest BCUT2D eigenvalue weighted by atomic mass is 15.3. The summed E-state index contributed by atoms with van der Waals surface area (Å²) in [6.07, 6.45) is 2.15. The minimum absolute atomic E-state index is 0.681. The average Bonchev–Trinajstić information content (AvgIpc) is 2.79. The molecule has 1 aromatic rings. The smallest absolute Gasteiger partial charge is 0.0624 e. The van der Waals surface area contributed by atoms with Crippen LogP contribution in [-0.2, 0) is 19.4 Å². The third kappa shape index (κ3) is 5.28. The fraction of sp³-hybridized carbons (Fsp3) is 0.824. The minimum atomic E-state index is 0.681. The predicted octanol–water partition coefficient (Wildman–Crippen LogP) is 3.53. The van der Waals surface area contributed by atoms with Crippen molar-refractivity contribution in [3.8, 4) is 0 Å². The van der Waals surface area contributed by atoms with Crippen molar-refractivity contribution >= 4 is 0 Å². The molecule has 1 heterocycles. The summed E-state index contributed by atoms with van der Waals surface area (Å²) in [6, 6.07) is 2.29. The van der Waals surface area contributed by atoms with Crippen LogP contribution in [0.25, 0.3) is 0 Å². The second kappa shape index (κ2) is 8.46. The number of hydrogen-bond donors (Lipinski definition) is 1. The first-order valence-electron chi connectivity index (χ1n) is 8.24. The Balaban J connectivity index is 2.67. The summed E-state index contributed by atoms with van der Waals surface area (Å²) >= 11 is 0. The van der Waals surface area contributed by atoms with Crippen molar-refractivity contribution < 1.29 is 0 Å². The molecule has 0 radical (unpaired) electrons. The van der Waals surface area contributed by atoms with Crippen molar-refractivity contribution in [1.82, 2.24) is 15.1 Å². The topological polar surface area (TPSA) is 29.9 Å². The lowest BCUT2D eigenvalue weighted by Gasteiger charge is -2.22. The molecular weight excluding hydrogens is 246 g/mol. The predicted molar refractivity (Wildman–Crippen MR) is 87.0 cm³/mol. The molecule has 0 bridgehead atoms. The van der Waals surface area contributed by atoms with Crippen LogP contribution in [0.15, 0.2) is 6.07 Å². The average molecular weight is 279 g/mol. The van der Waals surface area contributed by atoms with Crippen LogP contribution in [-0.4, -0.2) is 22.9 Å². The fourth-order valence-corrected chi connectivity index (χ4v) is 2.50. The van der Waals surface area contributed by atoms with Crippen molar-refractivity contribution in [3.05, 3.63) is 17.5 Å². The Morgan fingerprint density at radius 1 is 1.15 bits per heavy atom. The summed E-state index contributed by atoms with van der Waals surface area (Å²) in [4.78, 5) is 0. The molecule has 1 rings (SSSR count). The molecule has 1 atom stereocenters. The van der Waals surface area contributed by atoms with Crippen LogP contribution in [0.2, 0.25) is 0 Å². The molecule has 0 aliphatic carbocycles. The summed E-state index contributed by atoms with van der Waals surface area (Å²) in [5, 5.41) is 8.28. The van der Waals surface area contributed by atoms with E-state index in [-0.39, 0.29) is 0 Å². The molecule has 0 fully saturated rings. The fourth-order valence-electron chi connectivity index (χ4n) is 2.50. The van der Waals surface area contributed by atoms with Crippen molar-refractivity contribution in [2.45, 2.75) is 60.9 Å². The highest BCUT2D eigenvalue weighted by Crippen LogP contribution is 2.18. The molecule has 0 saturated heterocycles. The molecule has 0 aromatic carbocycles. The lowest BCUT2D eigenvalue weighted by molar-refractivity contribution is 0.344. The maximum atomic E-state index is 4.66. The van der Waals surface area contributed by atoms with Gasteiger partial charge in [-0.25, -0.2) is 0 Å². The highest BCUT2D eigenvalue weighted by Gasteiger charge is 2.17. The molecule has 1 N–H and O–H groups in total. The van der Waals surface area contributed by atoms with Gasteiger partial charge in [0.1, 0.15) is 0 Å². The van der Waals surface area contributed by atoms with Gasteiger partial charge in [0.05, 0.1) is 5.69 Å². The van der Waals surface area contributed by atoms with Gasteiger partial charge in [-0.3, -0.25) is 4.68 Å². The number of aromatic nitrogens is 2. The summed E-state index contributed by atoms with van der Waals surface area (Å²) in [6.45, 7) is 16.7. The molecule has 0 aliphatic heterocycles. The van der Waals surface area contributed by atoms with Gasteiger partial charge in [0.15, 0.2) is 0 Å². The molecule has 0 saturated carbocycles. The summed E-state index contributed by atoms with van der Waals surface area (Å²) in [5.41, 5.74) is 2.62. The van der Waals surface area contributed by atoms with Gasteiger partial charge in [0.25, 0.3) is 0 Å². The quantitative estimate of drug-likeness (QED) is 0.749. The Labute approximate surface area is 125 Å². The first-order valence-corrected chi connectivity index (χ1v) is 8.24. The van der Waals surface area contributed by atoms with Crippen LogP contribution < -0.4 is 5.32 Å². The largest absolute Gasteiger partial charge is 0.316 e. The maximum absolute atomic E-state index is 4.66. The standard InChI is InChI=1S/C17H33N3/c1-7-16-10-17(20(8-2)19-16)9-15(14(5)6)12-18-11-13(3)4/h10,13-15,18H,7-9,11-12H2,1-6H3. The van der Waals surface area contributed by atoms with Crippen LogP contribution in [0.3, 0.4) is 0 Å². The van der Waals surface area contributed by atoms with Crippen molar-refractivity contribution in [2.24, 2.45) is 17.8 Å².